The summed E-state index contributed by atoms with van der Waals surface area (Å²) >= 11 is 0. The van der Waals surface area contributed by atoms with Gasteiger partial charge in [0.05, 0.1) is 6.04 Å². The highest BCUT2D eigenvalue weighted by molar-refractivity contribution is 4.94. The zero-order chi connectivity index (χ0) is 15.5. The van der Waals surface area contributed by atoms with E-state index in [4.69, 9.17) is 10.3 Å². The maximum atomic E-state index is 6.01. The van der Waals surface area contributed by atoms with Crippen LogP contribution in [0.3, 0.4) is 0 Å². The quantitative estimate of drug-likeness (QED) is 0.563. The molecule has 0 fully saturated rings. The molecule has 1 rings (SSSR count). The molecule has 0 saturated heterocycles. The lowest BCUT2D eigenvalue weighted by Gasteiger charge is -2.09. The first-order valence-electron chi connectivity index (χ1n) is 8.73. The monoisotopic (exact) mass is 295 g/mol. The Kier molecular flexibility index (Phi) is 9.31. The molecule has 0 amide bonds. The predicted molar refractivity (Wildman–Crippen MR) is 87.0 cm³/mol. The van der Waals surface area contributed by atoms with Crippen molar-refractivity contribution in [3.63, 3.8) is 0 Å². The van der Waals surface area contributed by atoms with Crippen LogP contribution < -0.4 is 5.73 Å². The summed E-state index contributed by atoms with van der Waals surface area (Å²) in [5, 5.41) is 3.98. The van der Waals surface area contributed by atoms with Gasteiger partial charge in [0.2, 0.25) is 5.89 Å². The molecule has 1 aromatic heterocycles. The van der Waals surface area contributed by atoms with E-state index in [1.54, 1.807) is 0 Å². The molecular formula is C17H33N3O. The first-order chi connectivity index (χ1) is 10.1. The Labute approximate surface area is 129 Å². The third kappa shape index (κ3) is 7.60. The second kappa shape index (κ2) is 10.8. The molecule has 4 heteroatoms. The van der Waals surface area contributed by atoms with Crippen molar-refractivity contribution in [3.05, 3.63) is 11.7 Å². The van der Waals surface area contributed by atoms with Gasteiger partial charge in [-0.05, 0) is 12.3 Å². The Bertz CT molecular complexity index is 363. The van der Waals surface area contributed by atoms with Crippen LogP contribution >= 0.6 is 0 Å². The van der Waals surface area contributed by atoms with E-state index in [1.807, 2.05) is 0 Å². The summed E-state index contributed by atoms with van der Waals surface area (Å²) < 4.78 is 5.27. The van der Waals surface area contributed by atoms with E-state index < -0.39 is 0 Å². The van der Waals surface area contributed by atoms with E-state index in [1.165, 1.54) is 51.4 Å². The minimum absolute atomic E-state index is 0.120. The lowest BCUT2D eigenvalue weighted by Crippen LogP contribution is -2.18. The second-order valence-corrected chi connectivity index (χ2v) is 6.39. The van der Waals surface area contributed by atoms with Crippen LogP contribution in [0.25, 0.3) is 0 Å². The first-order valence-corrected chi connectivity index (χ1v) is 8.73. The van der Waals surface area contributed by atoms with Crippen molar-refractivity contribution in [2.75, 3.05) is 0 Å². The zero-order valence-electron chi connectivity index (χ0n) is 14.1. The summed E-state index contributed by atoms with van der Waals surface area (Å²) in [4.78, 5) is 4.40. The summed E-state index contributed by atoms with van der Waals surface area (Å²) in [7, 11) is 0. The maximum absolute atomic E-state index is 6.01. The molecule has 0 aromatic carbocycles. The van der Waals surface area contributed by atoms with Gasteiger partial charge >= 0.3 is 0 Å². The number of unbranched alkanes of at least 4 members (excludes halogenated alkanes) is 8. The molecule has 21 heavy (non-hydrogen) atoms. The lowest BCUT2D eigenvalue weighted by molar-refractivity contribution is 0.359. The van der Waals surface area contributed by atoms with Crippen molar-refractivity contribution >= 4 is 0 Å². The van der Waals surface area contributed by atoms with E-state index in [0.717, 1.165) is 18.7 Å². The van der Waals surface area contributed by atoms with Crippen LogP contribution in [-0.2, 0) is 6.42 Å². The number of nitrogens with zero attached hydrogens (tertiary/aromatic N) is 2. The summed E-state index contributed by atoms with van der Waals surface area (Å²) in [5.41, 5.74) is 6.01. The molecule has 1 aromatic rings. The second-order valence-electron chi connectivity index (χ2n) is 6.39. The standard InChI is InChI=1S/C17H33N3O/c1-4-5-6-7-8-9-10-11-12-13-15-19-17(20-21-15)16(18)14(2)3/h14,16H,4-13,18H2,1-3H3. The van der Waals surface area contributed by atoms with Crippen LogP contribution in [0.4, 0.5) is 0 Å². The summed E-state index contributed by atoms with van der Waals surface area (Å²) in [6.45, 7) is 6.40. The molecule has 0 saturated carbocycles. The number of rotatable bonds is 12. The van der Waals surface area contributed by atoms with Crippen LogP contribution in [-0.4, -0.2) is 10.1 Å². The molecule has 0 radical (unpaired) electrons. The Balaban J connectivity index is 2.05. The highest BCUT2D eigenvalue weighted by Gasteiger charge is 2.16. The van der Waals surface area contributed by atoms with Crippen molar-refractivity contribution in [1.82, 2.24) is 10.1 Å². The number of hydrogen-bond acceptors (Lipinski definition) is 4. The SMILES string of the molecule is CCCCCCCCCCCc1nc(C(N)C(C)C)no1. The van der Waals surface area contributed by atoms with Gasteiger partial charge < -0.3 is 10.3 Å². The fourth-order valence-corrected chi connectivity index (χ4v) is 2.39. The number of aryl methyl sites for hydroxylation is 1. The van der Waals surface area contributed by atoms with Gasteiger partial charge in [-0.3, -0.25) is 0 Å². The molecule has 1 heterocycles. The van der Waals surface area contributed by atoms with E-state index in [9.17, 15) is 0 Å². The molecule has 2 N–H and O–H groups in total. The zero-order valence-corrected chi connectivity index (χ0v) is 14.1. The third-order valence-electron chi connectivity index (χ3n) is 3.99. The third-order valence-corrected chi connectivity index (χ3v) is 3.99. The smallest absolute Gasteiger partial charge is 0.226 e. The van der Waals surface area contributed by atoms with Crippen molar-refractivity contribution in [3.8, 4) is 0 Å². The van der Waals surface area contributed by atoms with Crippen LogP contribution in [0.1, 0.15) is 96.3 Å². The Morgan fingerprint density at radius 1 is 0.952 bits per heavy atom. The molecule has 4 nitrogen and oxygen atoms in total. The first kappa shape index (κ1) is 18.1. The molecule has 122 valence electrons. The average molecular weight is 295 g/mol. The maximum Gasteiger partial charge on any atom is 0.226 e. The number of hydrogen-bond donors (Lipinski definition) is 1. The summed E-state index contributed by atoms with van der Waals surface area (Å²) in [6.07, 6.45) is 12.8. The Hall–Kier alpha value is -0.900. The van der Waals surface area contributed by atoms with Crippen molar-refractivity contribution in [1.29, 1.82) is 0 Å². The molecule has 0 bridgehead atoms. The highest BCUT2D eigenvalue weighted by atomic mass is 16.5. The Morgan fingerprint density at radius 2 is 1.52 bits per heavy atom. The molecular weight excluding hydrogens is 262 g/mol. The van der Waals surface area contributed by atoms with Crippen molar-refractivity contribution in [2.24, 2.45) is 11.7 Å². The van der Waals surface area contributed by atoms with Gasteiger partial charge in [-0.2, -0.15) is 4.98 Å². The van der Waals surface area contributed by atoms with Crippen LogP contribution in [0.5, 0.6) is 0 Å². The van der Waals surface area contributed by atoms with E-state index in [0.29, 0.717) is 11.7 Å². The average Bonchev–Trinajstić information content (AvgIpc) is 2.93. The van der Waals surface area contributed by atoms with E-state index in [2.05, 4.69) is 30.9 Å². The van der Waals surface area contributed by atoms with Crippen LogP contribution in [0.2, 0.25) is 0 Å². The van der Waals surface area contributed by atoms with Gasteiger partial charge in [-0.15, -0.1) is 0 Å². The molecule has 0 spiro atoms. The number of nitrogens with two attached hydrogens (primary N) is 1. The van der Waals surface area contributed by atoms with E-state index in [-0.39, 0.29) is 6.04 Å². The van der Waals surface area contributed by atoms with E-state index >= 15 is 0 Å². The van der Waals surface area contributed by atoms with Crippen molar-refractivity contribution in [2.45, 2.75) is 91.0 Å². The molecule has 1 unspecified atom stereocenters. The normalized spacial score (nSPS) is 13.0. The van der Waals surface area contributed by atoms with Gasteiger partial charge in [0.15, 0.2) is 5.82 Å². The van der Waals surface area contributed by atoms with Crippen molar-refractivity contribution < 1.29 is 4.52 Å². The fourth-order valence-electron chi connectivity index (χ4n) is 2.39. The Morgan fingerprint density at radius 3 is 2.10 bits per heavy atom. The summed E-state index contributed by atoms with van der Waals surface area (Å²) in [5.74, 6) is 1.73. The molecule has 1 atom stereocenters. The minimum atomic E-state index is -0.120. The predicted octanol–water partition coefficient (Wildman–Crippen LogP) is 4.80. The fraction of sp³-hybridized carbons (Fsp3) is 0.882. The largest absolute Gasteiger partial charge is 0.339 e. The molecule has 0 aliphatic rings. The van der Waals surface area contributed by atoms with Gasteiger partial charge in [0, 0.05) is 6.42 Å². The van der Waals surface area contributed by atoms with Gasteiger partial charge in [0.1, 0.15) is 0 Å². The lowest BCUT2D eigenvalue weighted by atomic mass is 10.1. The molecule has 0 aliphatic carbocycles. The topological polar surface area (TPSA) is 64.9 Å². The number of aromatic nitrogens is 2. The van der Waals surface area contributed by atoms with Gasteiger partial charge in [-0.25, -0.2) is 0 Å². The van der Waals surface area contributed by atoms with Crippen LogP contribution in [0.15, 0.2) is 4.52 Å². The minimum Gasteiger partial charge on any atom is -0.339 e. The van der Waals surface area contributed by atoms with Crippen LogP contribution in [0, 0.1) is 5.92 Å². The van der Waals surface area contributed by atoms with Gasteiger partial charge in [0.25, 0.3) is 0 Å². The van der Waals surface area contributed by atoms with Gasteiger partial charge in [-0.1, -0.05) is 77.3 Å². The summed E-state index contributed by atoms with van der Waals surface area (Å²) in [6, 6.07) is -0.120. The highest BCUT2D eigenvalue weighted by Crippen LogP contribution is 2.16. The molecule has 0 aliphatic heterocycles.